The summed E-state index contributed by atoms with van der Waals surface area (Å²) in [6.45, 7) is 6.70. The van der Waals surface area contributed by atoms with Gasteiger partial charge in [0.1, 0.15) is 22.5 Å². The molecule has 3 aromatic rings. The van der Waals surface area contributed by atoms with E-state index in [-0.39, 0.29) is 12.4 Å². The minimum Gasteiger partial charge on any atom is -0.505 e. The van der Waals surface area contributed by atoms with E-state index in [1.807, 2.05) is 36.4 Å². The lowest BCUT2D eigenvalue weighted by Gasteiger charge is -2.20. The predicted octanol–water partition coefficient (Wildman–Crippen LogP) is 2.50. The molecule has 0 saturated carbocycles. The van der Waals surface area contributed by atoms with Crippen LogP contribution in [0.15, 0.2) is 36.4 Å². The molecule has 6 heteroatoms. The van der Waals surface area contributed by atoms with Gasteiger partial charge in [-0.15, -0.1) is 15.0 Å². The fourth-order valence-corrected chi connectivity index (χ4v) is 2.94. The Morgan fingerprint density at radius 2 is 1.68 bits per heavy atom. The van der Waals surface area contributed by atoms with Gasteiger partial charge in [0, 0.05) is 18.7 Å². The highest BCUT2D eigenvalue weighted by molar-refractivity contribution is 5.73. The third-order valence-corrected chi connectivity index (χ3v) is 4.42. The molecule has 0 saturated heterocycles. The van der Waals surface area contributed by atoms with Crippen LogP contribution in [-0.2, 0) is 13.0 Å². The van der Waals surface area contributed by atoms with Crippen LogP contribution in [0.25, 0.3) is 16.7 Å². The quantitative estimate of drug-likeness (QED) is 0.691. The summed E-state index contributed by atoms with van der Waals surface area (Å²) in [4.78, 5) is 3.71. The summed E-state index contributed by atoms with van der Waals surface area (Å²) in [7, 11) is 0. The van der Waals surface area contributed by atoms with Crippen LogP contribution < -0.4 is 0 Å². The van der Waals surface area contributed by atoms with Crippen LogP contribution >= 0.6 is 0 Å². The van der Waals surface area contributed by atoms with Gasteiger partial charge in [0.2, 0.25) is 0 Å². The van der Waals surface area contributed by atoms with Crippen LogP contribution in [-0.4, -0.2) is 49.8 Å². The Labute approximate surface area is 147 Å². The summed E-state index contributed by atoms with van der Waals surface area (Å²) in [6.07, 6.45) is 0.527. The Kier molecular flexibility index (Phi) is 5.31. The highest BCUT2D eigenvalue weighted by Crippen LogP contribution is 2.29. The molecule has 6 nitrogen and oxygen atoms in total. The van der Waals surface area contributed by atoms with Crippen molar-refractivity contribution in [3.05, 3.63) is 47.5 Å². The third kappa shape index (κ3) is 3.65. The van der Waals surface area contributed by atoms with Crippen LogP contribution in [0.5, 0.6) is 5.75 Å². The molecule has 132 valence electrons. The van der Waals surface area contributed by atoms with E-state index < -0.39 is 0 Å². The second kappa shape index (κ2) is 7.63. The van der Waals surface area contributed by atoms with E-state index in [9.17, 15) is 10.2 Å². The topological polar surface area (TPSA) is 74.4 Å². The first-order valence-electron chi connectivity index (χ1n) is 8.66. The number of nitrogens with zero attached hydrogens (tertiary/aromatic N) is 4. The van der Waals surface area contributed by atoms with E-state index in [1.165, 1.54) is 4.80 Å². The summed E-state index contributed by atoms with van der Waals surface area (Å²) in [5, 5.41) is 29.1. The molecule has 0 bridgehead atoms. The summed E-state index contributed by atoms with van der Waals surface area (Å²) < 4.78 is 0. The molecular formula is C19H24N4O2. The Morgan fingerprint density at radius 3 is 2.24 bits per heavy atom. The van der Waals surface area contributed by atoms with Gasteiger partial charge in [0.25, 0.3) is 0 Å². The molecule has 1 heterocycles. The Bertz CT molecular complexity index is 823. The Hall–Kier alpha value is -2.44. The van der Waals surface area contributed by atoms with E-state index in [0.717, 1.165) is 35.2 Å². The molecule has 25 heavy (non-hydrogen) atoms. The van der Waals surface area contributed by atoms with Crippen molar-refractivity contribution in [2.75, 3.05) is 19.7 Å². The smallest absolute Gasteiger partial charge is 0.147 e. The second-order valence-corrected chi connectivity index (χ2v) is 6.04. The maximum absolute atomic E-state index is 10.8. The minimum absolute atomic E-state index is 0.0590. The highest BCUT2D eigenvalue weighted by Gasteiger charge is 2.16. The molecule has 2 N–H and O–H groups in total. The van der Waals surface area contributed by atoms with E-state index in [1.54, 1.807) is 0 Å². The summed E-state index contributed by atoms with van der Waals surface area (Å²) >= 11 is 0. The van der Waals surface area contributed by atoms with E-state index in [0.29, 0.717) is 18.7 Å². The molecule has 0 aliphatic carbocycles. The second-order valence-electron chi connectivity index (χ2n) is 6.04. The van der Waals surface area contributed by atoms with Gasteiger partial charge in [0.05, 0.1) is 0 Å². The van der Waals surface area contributed by atoms with E-state index in [4.69, 9.17) is 0 Å². The van der Waals surface area contributed by atoms with Crippen molar-refractivity contribution in [2.24, 2.45) is 0 Å². The fourth-order valence-electron chi connectivity index (χ4n) is 2.94. The molecule has 0 spiro atoms. The molecule has 0 atom stereocenters. The number of fused-ring (bicyclic) bond motifs is 1. The molecule has 3 rings (SSSR count). The minimum atomic E-state index is 0.0590. The van der Waals surface area contributed by atoms with Crippen molar-refractivity contribution >= 4 is 11.0 Å². The van der Waals surface area contributed by atoms with E-state index in [2.05, 4.69) is 28.9 Å². The molecule has 0 fully saturated rings. The third-order valence-electron chi connectivity index (χ3n) is 4.42. The molecule has 0 amide bonds. The lowest BCUT2D eigenvalue weighted by atomic mass is 10.0. The maximum Gasteiger partial charge on any atom is 0.147 e. The zero-order valence-electron chi connectivity index (χ0n) is 14.7. The number of benzene rings is 2. The van der Waals surface area contributed by atoms with Crippen LogP contribution in [0.2, 0.25) is 0 Å². The lowest BCUT2D eigenvalue weighted by molar-refractivity contribution is 0.289. The normalized spacial score (nSPS) is 11.5. The molecular weight excluding hydrogens is 316 g/mol. The Morgan fingerprint density at radius 1 is 1.04 bits per heavy atom. The van der Waals surface area contributed by atoms with Gasteiger partial charge in [-0.25, -0.2) is 0 Å². The maximum atomic E-state index is 10.8. The largest absolute Gasteiger partial charge is 0.505 e. The van der Waals surface area contributed by atoms with E-state index >= 15 is 0 Å². The van der Waals surface area contributed by atoms with Crippen molar-refractivity contribution in [3.8, 4) is 11.4 Å². The highest BCUT2D eigenvalue weighted by atomic mass is 16.3. The van der Waals surface area contributed by atoms with Gasteiger partial charge < -0.3 is 10.2 Å². The number of rotatable bonds is 7. The summed E-state index contributed by atoms with van der Waals surface area (Å²) in [5.41, 5.74) is 3.88. The first-order valence-corrected chi connectivity index (χ1v) is 8.66. The zero-order chi connectivity index (χ0) is 17.8. The molecule has 1 aromatic heterocycles. The molecule has 0 unspecified atom stereocenters. The number of aliphatic hydroxyl groups is 1. The van der Waals surface area contributed by atoms with Crippen molar-refractivity contribution in [3.63, 3.8) is 0 Å². The number of hydrogen-bond donors (Lipinski definition) is 2. The lowest BCUT2D eigenvalue weighted by Crippen LogP contribution is -2.22. The molecule has 0 aliphatic heterocycles. The van der Waals surface area contributed by atoms with Crippen LogP contribution in [0, 0.1) is 0 Å². The standard InChI is InChI=1S/C19H24N4O2/c1-3-22(4-2)13-15-11-14(9-10-24)12-18(19(15)25)23-20-16-7-5-6-8-17(16)21-23/h5-8,11-12,24-25H,3-4,9-10,13H2,1-2H3. The van der Waals surface area contributed by atoms with Crippen molar-refractivity contribution in [2.45, 2.75) is 26.8 Å². The van der Waals surface area contributed by atoms with Gasteiger partial charge in [-0.05, 0) is 43.3 Å². The number of hydrogen-bond acceptors (Lipinski definition) is 5. The monoisotopic (exact) mass is 340 g/mol. The van der Waals surface area contributed by atoms with Crippen molar-refractivity contribution in [1.29, 1.82) is 0 Å². The molecule has 2 aromatic carbocycles. The first-order chi connectivity index (χ1) is 12.2. The summed E-state index contributed by atoms with van der Waals surface area (Å²) in [6, 6.07) is 11.4. The number of phenolic OH excluding ortho intramolecular Hbond substituents is 1. The average Bonchev–Trinajstić information content (AvgIpc) is 3.06. The van der Waals surface area contributed by atoms with Gasteiger partial charge in [0.15, 0.2) is 0 Å². The van der Waals surface area contributed by atoms with Crippen LogP contribution in [0.1, 0.15) is 25.0 Å². The zero-order valence-corrected chi connectivity index (χ0v) is 14.7. The molecule has 0 radical (unpaired) electrons. The number of aromatic hydroxyl groups is 1. The van der Waals surface area contributed by atoms with Gasteiger partial charge in [-0.1, -0.05) is 32.0 Å². The Balaban J connectivity index is 2.09. The summed E-state index contributed by atoms with van der Waals surface area (Å²) in [5.74, 6) is 0.189. The SMILES string of the molecule is CCN(CC)Cc1cc(CCO)cc(-n2nc3ccccc3n2)c1O. The first kappa shape index (κ1) is 17.4. The average molecular weight is 340 g/mol. The fraction of sp³-hybridized carbons (Fsp3) is 0.368. The van der Waals surface area contributed by atoms with Crippen LogP contribution in [0.4, 0.5) is 0 Å². The van der Waals surface area contributed by atoms with Crippen LogP contribution in [0.3, 0.4) is 0 Å². The van der Waals surface area contributed by atoms with Crippen molar-refractivity contribution in [1.82, 2.24) is 19.9 Å². The predicted molar refractivity (Wildman–Crippen MR) is 97.9 cm³/mol. The molecule has 0 aliphatic rings. The number of aliphatic hydroxyl groups excluding tert-OH is 1. The number of aromatic nitrogens is 3. The van der Waals surface area contributed by atoms with Gasteiger partial charge in [-0.2, -0.15) is 0 Å². The van der Waals surface area contributed by atoms with Crippen molar-refractivity contribution < 1.29 is 10.2 Å². The van der Waals surface area contributed by atoms with Gasteiger partial charge in [-0.3, -0.25) is 4.90 Å². The number of phenols is 1. The van der Waals surface area contributed by atoms with Gasteiger partial charge >= 0.3 is 0 Å².